The highest BCUT2D eigenvalue weighted by molar-refractivity contribution is 4.96. The predicted octanol–water partition coefficient (Wildman–Crippen LogP) is 2.82. The maximum atomic E-state index is 4.46. The number of nitrogens with one attached hydrogen (secondary N) is 1. The Morgan fingerprint density at radius 3 is 2.88 bits per heavy atom. The smallest absolute Gasteiger partial charge is 0.0950 e. The van der Waals surface area contributed by atoms with Crippen molar-refractivity contribution in [3.05, 3.63) is 18.2 Å². The molecule has 1 aromatic rings. The van der Waals surface area contributed by atoms with Crippen molar-refractivity contribution in [2.75, 3.05) is 6.54 Å². The first-order chi connectivity index (χ1) is 8.24. The van der Waals surface area contributed by atoms with Crippen molar-refractivity contribution in [3.8, 4) is 0 Å². The Morgan fingerprint density at radius 1 is 1.41 bits per heavy atom. The topological polar surface area (TPSA) is 29.9 Å². The summed E-state index contributed by atoms with van der Waals surface area (Å²) in [5, 5.41) is 3.43. The molecule has 1 fully saturated rings. The Morgan fingerprint density at radius 2 is 2.18 bits per heavy atom. The molecule has 1 N–H and O–H groups in total. The molecule has 1 heterocycles. The van der Waals surface area contributed by atoms with Crippen LogP contribution < -0.4 is 5.32 Å². The van der Waals surface area contributed by atoms with Crippen molar-refractivity contribution in [2.24, 2.45) is 11.8 Å². The lowest BCUT2D eigenvalue weighted by Gasteiger charge is -2.08. The Balaban J connectivity index is 1.75. The number of imidazole rings is 1. The van der Waals surface area contributed by atoms with Gasteiger partial charge in [0.25, 0.3) is 0 Å². The first-order valence-electron chi connectivity index (χ1n) is 6.95. The fraction of sp³-hybridized carbons (Fsp3) is 0.786. The zero-order chi connectivity index (χ0) is 12.1. The molecule has 3 nitrogen and oxygen atoms in total. The highest BCUT2D eigenvalue weighted by Gasteiger charge is 2.15. The van der Waals surface area contributed by atoms with E-state index in [1.807, 2.05) is 6.33 Å². The number of aromatic nitrogens is 2. The molecule has 0 atom stereocenters. The SMILES string of the molecule is CC(C)CNCc1cn(CC2CCCC2)cn1. The third-order valence-electron chi connectivity index (χ3n) is 3.49. The molecule has 0 amide bonds. The highest BCUT2D eigenvalue weighted by atomic mass is 15.0. The Kier molecular flexibility index (Phi) is 4.60. The summed E-state index contributed by atoms with van der Waals surface area (Å²) in [6, 6.07) is 0. The van der Waals surface area contributed by atoms with Gasteiger partial charge in [-0.15, -0.1) is 0 Å². The van der Waals surface area contributed by atoms with Gasteiger partial charge in [0, 0.05) is 19.3 Å². The van der Waals surface area contributed by atoms with E-state index in [4.69, 9.17) is 0 Å². The van der Waals surface area contributed by atoms with Gasteiger partial charge < -0.3 is 9.88 Å². The van der Waals surface area contributed by atoms with E-state index in [2.05, 4.69) is 34.9 Å². The quantitative estimate of drug-likeness (QED) is 0.821. The summed E-state index contributed by atoms with van der Waals surface area (Å²) in [7, 11) is 0. The normalized spacial score (nSPS) is 17.1. The summed E-state index contributed by atoms with van der Waals surface area (Å²) in [6.45, 7) is 7.58. The lowest BCUT2D eigenvalue weighted by atomic mass is 10.1. The van der Waals surface area contributed by atoms with Crippen LogP contribution in [0.4, 0.5) is 0 Å². The van der Waals surface area contributed by atoms with Crippen LogP contribution >= 0.6 is 0 Å². The van der Waals surface area contributed by atoms with Gasteiger partial charge >= 0.3 is 0 Å². The maximum absolute atomic E-state index is 4.46. The van der Waals surface area contributed by atoms with Crippen LogP contribution in [0.3, 0.4) is 0 Å². The molecular formula is C14H25N3. The van der Waals surface area contributed by atoms with Crippen molar-refractivity contribution < 1.29 is 0 Å². The molecule has 0 saturated heterocycles. The van der Waals surface area contributed by atoms with Gasteiger partial charge in [-0.25, -0.2) is 4.98 Å². The third kappa shape index (κ3) is 4.15. The van der Waals surface area contributed by atoms with Gasteiger partial charge in [-0.05, 0) is 31.2 Å². The van der Waals surface area contributed by atoms with Gasteiger partial charge in [0.15, 0.2) is 0 Å². The Hall–Kier alpha value is -0.830. The molecule has 1 saturated carbocycles. The van der Waals surface area contributed by atoms with Gasteiger partial charge in [0.2, 0.25) is 0 Å². The van der Waals surface area contributed by atoms with E-state index in [1.54, 1.807) is 0 Å². The van der Waals surface area contributed by atoms with E-state index in [-0.39, 0.29) is 0 Å². The molecule has 0 aromatic carbocycles. The van der Waals surface area contributed by atoms with Crippen LogP contribution in [-0.2, 0) is 13.1 Å². The molecule has 1 aliphatic carbocycles. The molecule has 0 unspecified atom stereocenters. The largest absolute Gasteiger partial charge is 0.337 e. The zero-order valence-corrected chi connectivity index (χ0v) is 11.2. The molecule has 0 aliphatic heterocycles. The second kappa shape index (κ2) is 6.20. The lowest BCUT2D eigenvalue weighted by molar-refractivity contribution is 0.456. The van der Waals surface area contributed by atoms with Crippen LogP contribution in [0.1, 0.15) is 45.2 Å². The maximum Gasteiger partial charge on any atom is 0.0950 e. The van der Waals surface area contributed by atoms with E-state index in [9.17, 15) is 0 Å². The van der Waals surface area contributed by atoms with Gasteiger partial charge in [-0.1, -0.05) is 26.7 Å². The summed E-state index contributed by atoms with van der Waals surface area (Å²) in [5.74, 6) is 1.59. The molecule has 0 radical (unpaired) electrons. The van der Waals surface area contributed by atoms with Crippen LogP contribution in [0.2, 0.25) is 0 Å². The zero-order valence-electron chi connectivity index (χ0n) is 11.2. The Labute approximate surface area is 105 Å². The van der Waals surface area contributed by atoms with Crippen LogP contribution in [0.5, 0.6) is 0 Å². The molecule has 2 rings (SSSR count). The van der Waals surface area contributed by atoms with E-state index < -0.39 is 0 Å². The van der Waals surface area contributed by atoms with Crippen molar-refractivity contribution in [3.63, 3.8) is 0 Å². The summed E-state index contributed by atoms with van der Waals surface area (Å²) in [6.07, 6.45) is 9.83. The van der Waals surface area contributed by atoms with Gasteiger partial charge in [-0.2, -0.15) is 0 Å². The Bertz CT molecular complexity index is 324. The first kappa shape index (κ1) is 12.6. The molecule has 1 aromatic heterocycles. The highest BCUT2D eigenvalue weighted by Crippen LogP contribution is 2.26. The summed E-state index contributed by atoms with van der Waals surface area (Å²) in [4.78, 5) is 4.46. The predicted molar refractivity (Wildman–Crippen MR) is 70.7 cm³/mol. The molecular weight excluding hydrogens is 210 g/mol. The molecule has 17 heavy (non-hydrogen) atoms. The number of nitrogens with zero attached hydrogens (tertiary/aromatic N) is 2. The fourth-order valence-corrected chi connectivity index (χ4v) is 2.58. The van der Waals surface area contributed by atoms with Crippen molar-refractivity contribution in [1.29, 1.82) is 0 Å². The van der Waals surface area contributed by atoms with Crippen LogP contribution in [0.25, 0.3) is 0 Å². The molecule has 0 spiro atoms. The van der Waals surface area contributed by atoms with Gasteiger partial charge in [-0.3, -0.25) is 0 Å². The molecule has 96 valence electrons. The average Bonchev–Trinajstić information content (AvgIpc) is 2.90. The monoisotopic (exact) mass is 235 g/mol. The van der Waals surface area contributed by atoms with Crippen molar-refractivity contribution in [2.45, 2.75) is 52.6 Å². The summed E-state index contributed by atoms with van der Waals surface area (Å²) in [5.41, 5.74) is 1.17. The minimum Gasteiger partial charge on any atom is -0.337 e. The minimum atomic E-state index is 0.704. The fourth-order valence-electron chi connectivity index (χ4n) is 2.58. The van der Waals surface area contributed by atoms with E-state index >= 15 is 0 Å². The van der Waals surface area contributed by atoms with E-state index in [1.165, 1.54) is 31.4 Å². The second-order valence-corrected chi connectivity index (χ2v) is 5.74. The number of hydrogen-bond donors (Lipinski definition) is 1. The summed E-state index contributed by atoms with van der Waals surface area (Å²) >= 11 is 0. The van der Waals surface area contributed by atoms with Gasteiger partial charge in [0.1, 0.15) is 0 Å². The van der Waals surface area contributed by atoms with Gasteiger partial charge in [0.05, 0.1) is 12.0 Å². The molecule has 1 aliphatic rings. The molecule has 3 heteroatoms. The first-order valence-corrected chi connectivity index (χ1v) is 6.95. The number of hydrogen-bond acceptors (Lipinski definition) is 2. The standard InChI is InChI=1S/C14H25N3/c1-12(2)7-15-8-14-10-17(11-16-14)9-13-5-3-4-6-13/h10-13,15H,3-9H2,1-2H3. The van der Waals surface area contributed by atoms with E-state index in [0.717, 1.165) is 25.6 Å². The van der Waals surface area contributed by atoms with Crippen LogP contribution in [-0.4, -0.2) is 16.1 Å². The van der Waals surface area contributed by atoms with Crippen molar-refractivity contribution in [1.82, 2.24) is 14.9 Å². The van der Waals surface area contributed by atoms with Crippen LogP contribution in [0.15, 0.2) is 12.5 Å². The second-order valence-electron chi connectivity index (χ2n) is 5.74. The van der Waals surface area contributed by atoms with Crippen molar-refractivity contribution >= 4 is 0 Å². The average molecular weight is 235 g/mol. The lowest BCUT2D eigenvalue weighted by Crippen LogP contribution is -2.19. The van der Waals surface area contributed by atoms with Crippen LogP contribution in [0, 0.1) is 11.8 Å². The minimum absolute atomic E-state index is 0.704. The number of rotatable bonds is 6. The summed E-state index contributed by atoms with van der Waals surface area (Å²) < 4.78 is 2.27. The third-order valence-corrected chi connectivity index (χ3v) is 3.49. The molecule has 0 bridgehead atoms. The van der Waals surface area contributed by atoms with E-state index in [0.29, 0.717) is 5.92 Å².